The van der Waals surface area contributed by atoms with Crippen LogP contribution in [-0.2, 0) is 0 Å². The Morgan fingerprint density at radius 3 is 2.35 bits per heavy atom. The van der Waals surface area contributed by atoms with Gasteiger partial charge in [0.2, 0.25) is 0 Å². The second-order valence-electron chi connectivity index (χ2n) is 4.70. The number of nitrogens with zero attached hydrogens (tertiary/aromatic N) is 3. The predicted molar refractivity (Wildman–Crippen MR) is 89.4 cm³/mol. The maximum Gasteiger partial charge on any atom is 0.139 e. The number of hydrogen-bond donors (Lipinski definition) is 0. The number of fused-ring (bicyclic) bond motifs is 1. The zero-order valence-electron chi connectivity index (χ0n) is 12.9. The van der Waals surface area contributed by atoms with E-state index < -0.39 is 0 Å². The second-order valence-corrected chi connectivity index (χ2v) is 5.09. The van der Waals surface area contributed by atoms with Crippen LogP contribution in [0.25, 0.3) is 16.7 Å². The molecule has 0 aliphatic heterocycles. The minimum absolute atomic E-state index is 0.562. The van der Waals surface area contributed by atoms with Crippen molar-refractivity contribution in [3.05, 3.63) is 41.4 Å². The van der Waals surface area contributed by atoms with Crippen molar-refractivity contribution in [2.75, 3.05) is 21.3 Å². The Morgan fingerprint density at radius 2 is 1.74 bits per heavy atom. The summed E-state index contributed by atoms with van der Waals surface area (Å²) in [7, 11) is 4.78. The maximum atomic E-state index is 5.60. The first kappa shape index (κ1) is 15.2. The van der Waals surface area contributed by atoms with Gasteiger partial charge in [-0.2, -0.15) is 0 Å². The number of benzene rings is 1. The second kappa shape index (κ2) is 6.21. The highest BCUT2D eigenvalue weighted by Gasteiger charge is 2.11. The monoisotopic (exact) mass is 329 g/mol. The summed E-state index contributed by atoms with van der Waals surface area (Å²) in [4.78, 5) is 8.79. The first-order valence-electron chi connectivity index (χ1n) is 6.81. The van der Waals surface area contributed by atoms with Gasteiger partial charge in [0.25, 0.3) is 0 Å². The van der Waals surface area contributed by atoms with Gasteiger partial charge in [-0.1, -0.05) is 12.2 Å². The first-order chi connectivity index (χ1) is 11.2. The highest BCUT2D eigenvalue weighted by atomic mass is 32.1. The molecule has 0 aliphatic rings. The average molecular weight is 329 g/mol. The van der Waals surface area contributed by atoms with E-state index in [0.717, 1.165) is 5.39 Å². The normalized spacial score (nSPS) is 10.6. The van der Waals surface area contributed by atoms with Crippen LogP contribution in [0.3, 0.4) is 0 Å². The van der Waals surface area contributed by atoms with E-state index in [2.05, 4.69) is 9.97 Å². The number of methoxy groups -OCH3 is 3. The third-order valence-corrected chi connectivity index (χ3v) is 3.86. The fourth-order valence-corrected chi connectivity index (χ4v) is 2.61. The number of ether oxygens (including phenoxy) is 3. The fourth-order valence-electron chi connectivity index (χ4n) is 2.26. The van der Waals surface area contributed by atoms with Crippen molar-refractivity contribution < 1.29 is 14.2 Å². The molecular weight excluding hydrogens is 314 g/mol. The van der Waals surface area contributed by atoms with Crippen LogP contribution >= 0.6 is 12.2 Å². The fraction of sp³-hybridized carbons (Fsp3) is 0.188. The Kier molecular flexibility index (Phi) is 4.12. The molecule has 3 aromatic rings. The number of rotatable bonds is 4. The van der Waals surface area contributed by atoms with Crippen LogP contribution in [-0.4, -0.2) is 35.9 Å². The maximum absolute atomic E-state index is 5.60. The predicted octanol–water partition coefficient (Wildman–Crippen LogP) is 3.18. The van der Waals surface area contributed by atoms with Gasteiger partial charge in [-0.3, -0.25) is 4.57 Å². The lowest BCUT2D eigenvalue weighted by Gasteiger charge is -2.12. The van der Waals surface area contributed by atoms with Crippen LogP contribution in [0.1, 0.15) is 0 Å². The van der Waals surface area contributed by atoms with Crippen LogP contribution in [0, 0.1) is 4.64 Å². The zero-order valence-corrected chi connectivity index (χ0v) is 13.8. The van der Waals surface area contributed by atoms with E-state index in [4.69, 9.17) is 26.4 Å². The summed E-state index contributed by atoms with van der Waals surface area (Å²) in [5, 5.41) is 0.739. The molecule has 6 nitrogen and oxygen atoms in total. The van der Waals surface area contributed by atoms with Crippen molar-refractivity contribution >= 4 is 23.1 Å². The molecule has 0 saturated heterocycles. The zero-order chi connectivity index (χ0) is 16.4. The van der Waals surface area contributed by atoms with Crippen molar-refractivity contribution in [2.24, 2.45) is 0 Å². The lowest BCUT2D eigenvalue weighted by atomic mass is 10.2. The Labute approximate surface area is 138 Å². The van der Waals surface area contributed by atoms with Gasteiger partial charge in [0.05, 0.1) is 38.4 Å². The third-order valence-electron chi connectivity index (χ3n) is 3.46. The van der Waals surface area contributed by atoms with Crippen molar-refractivity contribution in [1.29, 1.82) is 0 Å². The summed E-state index contributed by atoms with van der Waals surface area (Å²) in [6, 6.07) is 7.24. The molecule has 0 aliphatic carbocycles. The van der Waals surface area contributed by atoms with Crippen LogP contribution in [0.2, 0.25) is 0 Å². The van der Waals surface area contributed by atoms with Crippen molar-refractivity contribution in [2.45, 2.75) is 0 Å². The van der Waals surface area contributed by atoms with Crippen molar-refractivity contribution in [1.82, 2.24) is 14.5 Å². The smallest absolute Gasteiger partial charge is 0.139 e. The summed E-state index contributed by atoms with van der Waals surface area (Å²) in [6.07, 6.45) is 3.27. The molecule has 0 radical (unpaired) electrons. The Morgan fingerprint density at radius 1 is 0.957 bits per heavy atom. The Hall–Kier alpha value is -2.67. The molecule has 0 atom stereocenters. The van der Waals surface area contributed by atoms with Crippen LogP contribution in [0.15, 0.2) is 36.8 Å². The molecule has 0 saturated carbocycles. The molecule has 7 heteroatoms. The molecule has 23 heavy (non-hydrogen) atoms. The minimum atomic E-state index is 0.562. The molecular formula is C16H15N3O3S. The molecule has 0 amide bonds. The minimum Gasteiger partial charge on any atom is -0.497 e. The van der Waals surface area contributed by atoms with E-state index >= 15 is 0 Å². The highest BCUT2D eigenvalue weighted by molar-refractivity contribution is 7.71. The molecule has 0 fully saturated rings. The molecule has 3 rings (SSSR count). The van der Waals surface area contributed by atoms with Crippen LogP contribution in [0.5, 0.6) is 17.2 Å². The van der Waals surface area contributed by atoms with Gasteiger partial charge in [-0.25, -0.2) is 9.97 Å². The SMILES string of the molecule is COc1ccc(-n2cnc3cc(OC)cc(OC)c3c2=S)nc1. The van der Waals surface area contributed by atoms with Crippen LogP contribution < -0.4 is 14.2 Å². The van der Waals surface area contributed by atoms with E-state index in [1.54, 1.807) is 44.5 Å². The topological polar surface area (TPSA) is 58.4 Å². The molecule has 1 aromatic carbocycles. The average Bonchev–Trinajstić information content (AvgIpc) is 2.61. The van der Waals surface area contributed by atoms with E-state index in [-0.39, 0.29) is 0 Å². The van der Waals surface area contributed by atoms with E-state index in [1.807, 2.05) is 18.2 Å². The van der Waals surface area contributed by atoms with Crippen LogP contribution in [0.4, 0.5) is 0 Å². The van der Waals surface area contributed by atoms with Gasteiger partial charge in [-0.05, 0) is 12.1 Å². The molecule has 0 bridgehead atoms. The molecule has 2 aromatic heterocycles. The number of hydrogen-bond acceptors (Lipinski definition) is 6. The van der Waals surface area contributed by atoms with Gasteiger partial charge in [-0.15, -0.1) is 0 Å². The van der Waals surface area contributed by atoms with Gasteiger partial charge < -0.3 is 14.2 Å². The Balaban J connectivity index is 2.23. The quantitative estimate of drug-likeness (QED) is 0.685. The van der Waals surface area contributed by atoms with Crippen molar-refractivity contribution in [3.63, 3.8) is 0 Å². The van der Waals surface area contributed by atoms with E-state index in [9.17, 15) is 0 Å². The lowest BCUT2D eigenvalue weighted by molar-refractivity contribution is 0.397. The number of aromatic nitrogens is 3. The van der Waals surface area contributed by atoms with Gasteiger partial charge in [0.15, 0.2) is 0 Å². The number of pyridine rings is 1. The summed E-state index contributed by atoms with van der Waals surface area (Å²) < 4.78 is 18.1. The summed E-state index contributed by atoms with van der Waals surface area (Å²) in [6.45, 7) is 0. The van der Waals surface area contributed by atoms with E-state index in [1.165, 1.54) is 0 Å². The molecule has 118 valence electrons. The molecule has 0 N–H and O–H groups in total. The standard InChI is InChI=1S/C16H15N3O3S/c1-20-10-4-5-14(17-8-10)19-9-18-12-6-11(21-2)7-13(22-3)15(12)16(19)23/h4-9H,1-3H3. The largest absolute Gasteiger partial charge is 0.497 e. The molecule has 0 unspecified atom stereocenters. The summed E-state index contributed by atoms with van der Waals surface area (Å²) >= 11 is 5.60. The first-order valence-corrected chi connectivity index (χ1v) is 7.22. The van der Waals surface area contributed by atoms with Gasteiger partial charge >= 0.3 is 0 Å². The highest BCUT2D eigenvalue weighted by Crippen LogP contribution is 2.31. The van der Waals surface area contributed by atoms with Gasteiger partial charge in [0, 0.05) is 12.1 Å². The Bertz CT molecular complexity index is 907. The van der Waals surface area contributed by atoms with Crippen molar-refractivity contribution in [3.8, 4) is 23.1 Å². The molecule has 2 heterocycles. The van der Waals surface area contributed by atoms with E-state index in [0.29, 0.717) is 33.2 Å². The summed E-state index contributed by atoms with van der Waals surface area (Å²) in [5.41, 5.74) is 0.705. The van der Waals surface area contributed by atoms with Gasteiger partial charge in [0.1, 0.15) is 34.0 Å². The molecule has 0 spiro atoms. The lowest BCUT2D eigenvalue weighted by Crippen LogP contribution is -2.03. The third kappa shape index (κ3) is 2.70. The summed E-state index contributed by atoms with van der Waals surface area (Å²) in [5.74, 6) is 2.61.